The van der Waals surface area contributed by atoms with E-state index in [4.69, 9.17) is 16.2 Å². The Labute approximate surface area is 198 Å². The van der Waals surface area contributed by atoms with Crippen molar-refractivity contribution in [1.82, 2.24) is 9.97 Å². The molecule has 1 saturated carbocycles. The van der Waals surface area contributed by atoms with Crippen LogP contribution in [0.3, 0.4) is 0 Å². The maximum Gasteiger partial charge on any atom is 0.321 e. The number of nitrogens with two attached hydrogens (primary N) is 2. The zero-order chi connectivity index (χ0) is 24.3. The maximum absolute atomic E-state index is 12.9. The summed E-state index contributed by atoms with van der Waals surface area (Å²) < 4.78 is 5.49. The molecule has 0 atom stereocenters. The fourth-order valence-electron chi connectivity index (χ4n) is 4.42. The summed E-state index contributed by atoms with van der Waals surface area (Å²) in [6, 6.07) is 14.9. The van der Waals surface area contributed by atoms with E-state index in [9.17, 15) is 9.59 Å². The van der Waals surface area contributed by atoms with Crippen molar-refractivity contribution >= 4 is 40.2 Å². The number of primary amides is 1. The van der Waals surface area contributed by atoms with Gasteiger partial charge in [0.1, 0.15) is 17.8 Å². The van der Waals surface area contributed by atoms with Crippen molar-refractivity contribution in [1.29, 1.82) is 0 Å². The third-order valence-corrected chi connectivity index (χ3v) is 6.36. The molecular weight excluding hydrogens is 432 g/mol. The maximum atomic E-state index is 12.9. The summed E-state index contributed by atoms with van der Waals surface area (Å²) in [4.78, 5) is 36.6. The number of nitrogens with one attached hydrogen (secondary N) is 1. The first-order valence-corrected chi connectivity index (χ1v) is 11.3. The molecule has 0 unspecified atom stereocenters. The molecule has 9 heteroatoms. The molecule has 1 aliphatic rings. The fraction of sp³-hybridized carbons (Fsp3) is 0.360. The Morgan fingerprint density at radius 2 is 1.85 bits per heavy atom. The minimum absolute atomic E-state index is 0.00497. The van der Waals surface area contributed by atoms with Gasteiger partial charge in [0, 0.05) is 31.2 Å². The third kappa shape index (κ3) is 4.73. The second-order valence-electron chi connectivity index (χ2n) is 8.97. The minimum Gasteiger partial charge on any atom is -0.460 e. The predicted octanol–water partition coefficient (Wildman–Crippen LogP) is 2.85. The zero-order valence-corrected chi connectivity index (χ0v) is 19.5. The Kier molecular flexibility index (Phi) is 6.54. The first-order valence-electron chi connectivity index (χ1n) is 11.3. The van der Waals surface area contributed by atoms with Crippen LogP contribution in [-0.4, -0.2) is 42.0 Å². The van der Waals surface area contributed by atoms with Crippen LogP contribution in [0, 0.1) is 5.41 Å². The summed E-state index contributed by atoms with van der Waals surface area (Å²) in [5.41, 5.74) is 12.3. The summed E-state index contributed by atoms with van der Waals surface area (Å²) in [6.07, 6.45) is 1.71. The molecule has 1 aromatic heterocycles. The lowest BCUT2D eigenvalue weighted by molar-refractivity contribution is -0.164. The Morgan fingerprint density at radius 1 is 1.12 bits per heavy atom. The van der Waals surface area contributed by atoms with E-state index in [-0.39, 0.29) is 12.6 Å². The van der Waals surface area contributed by atoms with Gasteiger partial charge >= 0.3 is 5.97 Å². The first kappa shape index (κ1) is 23.3. The van der Waals surface area contributed by atoms with Gasteiger partial charge in [-0.2, -0.15) is 4.98 Å². The number of aromatic nitrogens is 2. The average Bonchev–Trinajstić information content (AvgIpc) is 2.82. The van der Waals surface area contributed by atoms with Gasteiger partial charge in [-0.1, -0.05) is 24.3 Å². The van der Waals surface area contributed by atoms with Gasteiger partial charge in [0.25, 0.3) is 0 Å². The number of nitrogen functional groups attached to an aromatic ring is 1. The Morgan fingerprint density at radius 3 is 2.53 bits per heavy atom. The second-order valence-corrected chi connectivity index (χ2v) is 8.97. The number of anilines is 3. The van der Waals surface area contributed by atoms with Crippen LogP contribution in [0.4, 0.5) is 17.5 Å². The number of hydrogen-bond acceptors (Lipinski definition) is 8. The monoisotopic (exact) mass is 462 g/mol. The molecule has 3 aromatic rings. The van der Waals surface area contributed by atoms with Crippen LogP contribution in [0.1, 0.15) is 31.2 Å². The van der Waals surface area contributed by atoms with Crippen LogP contribution < -0.4 is 21.7 Å². The number of ether oxygens (including phenoxy) is 1. The number of esters is 1. The largest absolute Gasteiger partial charge is 0.460 e. The van der Waals surface area contributed by atoms with E-state index in [1.165, 1.54) is 0 Å². The van der Waals surface area contributed by atoms with Crippen LogP contribution >= 0.6 is 0 Å². The lowest BCUT2D eigenvalue weighted by Gasteiger charge is -2.36. The molecule has 1 amide bonds. The number of fused-ring (bicyclic) bond motifs is 1. The quantitative estimate of drug-likeness (QED) is 0.277. The van der Waals surface area contributed by atoms with E-state index in [1.54, 1.807) is 18.2 Å². The van der Waals surface area contributed by atoms with Gasteiger partial charge in [-0.05, 0) is 55.5 Å². The van der Waals surface area contributed by atoms with E-state index in [1.807, 2.05) is 49.3 Å². The molecule has 1 fully saturated rings. The number of carbonyl (C=O) groups is 2. The first-order chi connectivity index (χ1) is 16.3. The summed E-state index contributed by atoms with van der Waals surface area (Å²) in [5, 5.41) is 4.35. The van der Waals surface area contributed by atoms with Gasteiger partial charge in [0.05, 0.1) is 5.52 Å². The molecule has 1 heterocycles. The third-order valence-electron chi connectivity index (χ3n) is 6.36. The van der Waals surface area contributed by atoms with Gasteiger partial charge < -0.3 is 26.4 Å². The molecule has 0 radical (unpaired) electrons. The lowest BCUT2D eigenvalue weighted by Crippen LogP contribution is -2.49. The number of para-hydroxylation sites is 1. The van der Waals surface area contributed by atoms with Crippen molar-refractivity contribution in [3.8, 4) is 0 Å². The van der Waals surface area contributed by atoms with Crippen molar-refractivity contribution in [3.63, 3.8) is 0 Å². The van der Waals surface area contributed by atoms with Gasteiger partial charge in [-0.15, -0.1) is 0 Å². The van der Waals surface area contributed by atoms with E-state index < -0.39 is 17.3 Å². The second kappa shape index (κ2) is 9.54. The lowest BCUT2D eigenvalue weighted by atomic mass is 9.72. The van der Waals surface area contributed by atoms with Crippen molar-refractivity contribution in [2.75, 3.05) is 30.0 Å². The van der Waals surface area contributed by atoms with Crippen LogP contribution in [-0.2, 0) is 20.9 Å². The highest BCUT2D eigenvalue weighted by molar-refractivity contribution is 6.02. The topological polar surface area (TPSA) is 136 Å². The van der Waals surface area contributed by atoms with Gasteiger partial charge in [0.2, 0.25) is 11.9 Å². The van der Waals surface area contributed by atoms with E-state index in [2.05, 4.69) is 15.3 Å². The fourth-order valence-corrected chi connectivity index (χ4v) is 4.42. The molecule has 0 saturated heterocycles. The van der Waals surface area contributed by atoms with E-state index in [0.29, 0.717) is 37.3 Å². The highest BCUT2D eigenvalue weighted by Gasteiger charge is 2.48. The molecule has 9 nitrogen and oxygen atoms in total. The smallest absolute Gasteiger partial charge is 0.321 e. The molecule has 0 aliphatic heterocycles. The van der Waals surface area contributed by atoms with Gasteiger partial charge in [-0.25, -0.2) is 4.98 Å². The van der Waals surface area contributed by atoms with Crippen molar-refractivity contribution in [2.24, 2.45) is 11.1 Å². The number of hydrogen-bond donors (Lipinski definition) is 3. The van der Waals surface area contributed by atoms with Gasteiger partial charge in [-0.3, -0.25) is 9.59 Å². The molecule has 34 heavy (non-hydrogen) atoms. The number of benzene rings is 2. The Bertz CT molecular complexity index is 1200. The highest BCUT2D eigenvalue weighted by atomic mass is 16.5. The average molecular weight is 463 g/mol. The normalized spacial score (nSPS) is 20.0. The van der Waals surface area contributed by atoms with Gasteiger partial charge in [0.15, 0.2) is 0 Å². The van der Waals surface area contributed by atoms with E-state index >= 15 is 0 Å². The Balaban J connectivity index is 1.44. The van der Waals surface area contributed by atoms with E-state index in [0.717, 1.165) is 22.3 Å². The van der Waals surface area contributed by atoms with Crippen LogP contribution in [0.25, 0.3) is 10.9 Å². The van der Waals surface area contributed by atoms with Crippen molar-refractivity contribution < 1.29 is 14.3 Å². The number of amides is 1. The summed E-state index contributed by atoms with van der Waals surface area (Å²) in [6.45, 7) is 0.0405. The highest BCUT2D eigenvalue weighted by Crippen LogP contribution is 2.39. The SMILES string of the molecule is CN(C)c1nc(NC2CCC(C(N)=O)(C(=O)OCc3cccc(N)c3)CC2)nc2ccccc12. The molecule has 4 rings (SSSR count). The molecular formula is C25H30N6O3. The number of rotatable bonds is 7. The summed E-state index contributed by atoms with van der Waals surface area (Å²) in [5.74, 6) is 0.0989. The minimum atomic E-state index is -1.34. The summed E-state index contributed by atoms with van der Waals surface area (Å²) in [7, 11) is 3.88. The zero-order valence-electron chi connectivity index (χ0n) is 19.5. The van der Waals surface area contributed by atoms with Crippen LogP contribution in [0.15, 0.2) is 48.5 Å². The van der Waals surface area contributed by atoms with Crippen LogP contribution in [0.2, 0.25) is 0 Å². The molecule has 5 N–H and O–H groups in total. The molecule has 0 spiro atoms. The summed E-state index contributed by atoms with van der Waals surface area (Å²) >= 11 is 0. The predicted molar refractivity (Wildman–Crippen MR) is 132 cm³/mol. The van der Waals surface area contributed by atoms with Crippen molar-refractivity contribution in [3.05, 3.63) is 54.1 Å². The van der Waals surface area contributed by atoms with Crippen molar-refractivity contribution in [2.45, 2.75) is 38.3 Å². The molecule has 1 aliphatic carbocycles. The molecule has 178 valence electrons. The standard InChI is InChI=1S/C25H30N6O3/c1-31(2)21-19-8-3-4-9-20(19)29-24(30-21)28-18-10-12-25(13-11-18,22(27)32)23(33)34-15-16-6-5-7-17(26)14-16/h3-9,14,18H,10-13,15,26H2,1-2H3,(H2,27,32)(H,28,29,30). The Hall–Kier alpha value is -3.88. The number of nitrogens with zero attached hydrogens (tertiary/aromatic N) is 3. The van der Waals surface area contributed by atoms with Crippen LogP contribution in [0.5, 0.6) is 0 Å². The molecule has 0 bridgehead atoms. The molecule has 2 aromatic carbocycles. The number of carbonyl (C=O) groups excluding carboxylic acids is 2.